The first-order chi connectivity index (χ1) is 15.7. The highest BCUT2D eigenvalue weighted by Gasteiger charge is 2.16. The highest BCUT2D eigenvalue weighted by atomic mass is 32.2. The van der Waals surface area contributed by atoms with E-state index in [9.17, 15) is 22.0 Å². The number of nitrogens with zero attached hydrogens (tertiary/aromatic N) is 1. The fourth-order valence-electron chi connectivity index (χ4n) is 3.75. The summed E-state index contributed by atoms with van der Waals surface area (Å²) in [4.78, 5) is 12.6. The van der Waals surface area contributed by atoms with Gasteiger partial charge in [-0.25, -0.2) is 17.2 Å². The van der Waals surface area contributed by atoms with Crippen molar-refractivity contribution in [3.63, 3.8) is 0 Å². The molecule has 3 aromatic carbocycles. The number of benzene rings is 3. The molecule has 0 fully saturated rings. The molecule has 0 bridgehead atoms. The van der Waals surface area contributed by atoms with E-state index in [0.29, 0.717) is 27.5 Å². The molecule has 1 aromatic heterocycles. The fourth-order valence-corrected chi connectivity index (χ4v) is 4.29. The van der Waals surface area contributed by atoms with Crippen molar-refractivity contribution in [2.75, 3.05) is 4.72 Å². The van der Waals surface area contributed by atoms with Gasteiger partial charge in [-0.05, 0) is 46.3 Å². The van der Waals surface area contributed by atoms with Crippen molar-refractivity contribution < 1.29 is 17.2 Å². The first-order valence-electron chi connectivity index (χ1n) is 9.99. The number of hydrogen-bond donors (Lipinski definition) is 1. The van der Waals surface area contributed by atoms with E-state index in [-0.39, 0.29) is 23.2 Å². The molecular formula is C25H20F2N2O3S. The van der Waals surface area contributed by atoms with Gasteiger partial charge in [0.15, 0.2) is 0 Å². The number of pyridine rings is 1. The number of rotatable bonds is 6. The molecule has 0 spiro atoms. The van der Waals surface area contributed by atoms with Gasteiger partial charge in [0, 0.05) is 47.8 Å². The molecule has 0 amide bonds. The van der Waals surface area contributed by atoms with Gasteiger partial charge in [0.2, 0.25) is 0 Å². The Labute approximate surface area is 189 Å². The van der Waals surface area contributed by atoms with Crippen molar-refractivity contribution in [1.29, 1.82) is 0 Å². The van der Waals surface area contributed by atoms with Crippen molar-refractivity contribution in [2.45, 2.75) is 6.42 Å². The SMILES string of the molecule is C=CS(=O)(=O)Nc1ccc(Cc2ccc(F)cc2F)c(-c2cn(C)c(=O)c3ccccc23)c1. The summed E-state index contributed by atoms with van der Waals surface area (Å²) in [6.45, 7) is 3.30. The van der Waals surface area contributed by atoms with Gasteiger partial charge in [-0.15, -0.1) is 0 Å². The molecule has 1 N–H and O–H groups in total. The van der Waals surface area contributed by atoms with Crippen LogP contribution in [0.25, 0.3) is 21.9 Å². The predicted molar refractivity (Wildman–Crippen MR) is 127 cm³/mol. The molecule has 5 nitrogen and oxygen atoms in total. The Morgan fingerprint density at radius 3 is 2.36 bits per heavy atom. The Morgan fingerprint density at radius 2 is 1.67 bits per heavy atom. The maximum atomic E-state index is 14.4. The molecule has 0 saturated carbocycles. The summed E-state index contributed by atoms with van der Waals surface area (Å²) in [6.07, 6.45) is 1.80. The minimum absolute atomic E-state index is 0.132. The maximum Gasteiger partial charge on any atom is 0.258 e. The lowest BCUT2D eigenvalue weighted by atomic mass is 9.92. The van der Waals surface area contributed by atoms with Crippen molar-refractivity contribution in [3.05, 3.63) is 112 Å². The van der Waals surface area contributed by atoms with Crippen LogP contribution in [0.2, 0.25) is 0 Å². The van der Waals surface area contributed by atoms with Crippen LogP contribution >= 0.6 is 0 Å². The monoisotopic (exact) mass is 466 g/mol. The zero-order valence-corrected chi connectivity index (χ0v) is 18.5. The second-order valence-electron chi connectivity index (χ2n) is 7.60. The Hall–Kier alpha value is -3.78. The van der Waals surface area contributed by atoms with E-state index in [1.165, 1.54) is 16.7 Å². The van der Waals surface area contributed by atoms with Crippen molar-refractivity contribution >= 4 is 26.5 Å². The first kappa shape index (κ1) is 22.4. The smallest absolute Gasteiger partial charge is 0.258 e. The van der Waals surface area contributed by atoms with Crippen LogP contribution < -0.4 is 10.3 Å². The molecule has 0 aliphatic rings. The minimum atomic E-state index is -3.76. The Morgan fingerprint density at radius 1 is 0.970 bits per heavy atom. The molecule has 0 atom stereocenters. The number of halogens is 2. The molecule has 0 saturated heterocycles. The normalized spacial score (nSPS) is 11.5. The van der Waals surface area contributed by atoms with E-state index < -0.39 is 21.7 Å². The van der Waals surface area contributed by atoms with E-state index in [4.69, 9.17) is 0 Å². The largest absolute Gasteiger partial charge is 0.317 e. The van der Waals surface area contributed by atoms with Crippen LogP contribution in [0.1, 0.15) is 11.1 Å². The summed E-state index contributed by atoms with van der Waals surface area (Å²) in [6, 6.07) is 15.3. The molecule has 0 aliphatic heterocycles. The summed E-state index contributed by atoms with van der Waals surface area (Å²) >= 11 is 0. The molecule has 0 unspecified atom stereocenters. The summed E-state index contributed by atoms with van der Waals surface area (Å²) in [5, 5.41) is 1.97. The van der Waals surface area contributed by atoms with E-state index in [0.717, 1.165) is 11.5 Å². The molecule has 33 heavy (non-hydrogen) atoms. The van der Waals surface area contributed by atoms with Gasteiger partial charge < -0.3 is 4.57 Å². The van der Waals surface area contributed by atoms with E-state index in [1.54, 1.807) is 55.7 Å². The molecule has 0 aliphatic carbocycles. The average Bonchev–Trinajstić information content (AvgIpc) is 2.79. The van der Waals surface area contributed by atoms with Gasteiger partial charge >= 0.3 is 0 Å². The molecule has 4 aromatic rings. The number of nitrogens with one attached hydrogen (secondary N) is 1. The summed E-state index contributed by atoms with van der Waals surface area (Å²) in [5.41, 5.74) is 2.34. The van der Waals surface area contributed by atoms with Gasteiger partial charge in [-0.1, -0.05) is 36.9 Å². The van der Waals surface area contributed by atoms with Crippen molar-refractivity contribution in [1.82, 2.24) is 4.57 Å². The highest BCUT2D eigenvalue weighted by molar-refractivity contribution is 7.95. The van der Waals surface area contributed by atoms with Crippen LogP contribution in [-0.4, -0.2) is 13.0 Å². The molecule has 168 valence electrons. The maximum absolute atomic E-state index is 14.4. The number of hydrogen-bond acceptors (Lipinski definition) is 3. The zero-order valence-electron chi connectivity index (χ0n) is 17.7. The van der Waals surface area contributed by atoms with Crippen LogP contribution in [0, 0.1) is 11.6 Å². The van der Waals surface area contributed by atoms with E-state index in [2.05, 4.69) is 11.3 Å². The third-order valence-corrected chi connectivity index (χ3v) is 6.33. The van der Waals surface area contributed by atoms with Crippen molar-refractivity contribution in [3.8, 4) is 11.1 Å². The van der Waals surface area contributed by atoms with Crippen LogP contribution in [0.4, 0.5) is 14.5 Å². The van der Waals surface area contributed by atoms with Gasteiger partial charge in [-0.3, -0.25) is 9.52 Å². The second kappa shape index (κ2) is 8.63. The Balaban J connectivity index is 1.96. The first-order valence-corrected chi connectivity index (χ1v) is 11.5. The molecule has 8 heteroatoms. The lowest BCUT2D eigenvalue weighted by Crippen LogP contribution is -2.16. The van der Waals surface area contributed by atoms with Gasteiger partial charge in [-0.2, -0.15) is 0 Å². The lowest BCUT2D eigenvalue weighted by molar-refractivity contribution is 0.574. The summed E-state index contributed by atoms with van der Waals surface area (Å²) in [5.74, 6) is -1.35. The number of aromatic nitrogens is 1. The van der Waals surface area contributed by atoms with Crippen LogP contribution in [0.3, 0.4) is 0 Å². The van der Waals surface area contributed by atoms with Gasteiger partial charge in [0.05, 0.1) is 0 Å². The zero-order chi connectivity index (χ0) is 23.8. The quantitative estimate of drug-likeness (QED) is 0.437. The second-order valence-corrected chi connectivity index (χ2v) is 9.23. The predicted octanol–water partition coefficient (Wildman–Crippen LogP) is 4.96. The highest BCUT2D eigenvalue weighted by Crippen LogP contribution is 2.33. The molecule has 4 rings (SSSR count). The van der Waals surface area contributed by atoms with Crippen LogP contribution in [0.15, 0.2) is 83.6 Å². The Bertz CT molecular complexity index is 1560. The van der Waals surface area contributed by atoms with Gasteiger partial charge in [0.1, 0.15) is 11.6 Å². The van der Waals surface area contributed by atoms with Crippen LogP contribution in [0.5, 0.6) is 0 Å². The summed E-state index contributed by atoms with van der Waals surface area (Å²) < 4.78 is 55.7. The van der Waals surface area contributed by atoms with E-state index >= 15 is 0 Å². The Kier molecular flexibility index (Phi) is 5.86. The summed E-state index contributed by atoms with van der Waals surface area (Å²) in [7, 11) is -2.13. The molecule has 1 heterocycles. The number of sulfonamides is 1. The topological polar surface area (TPSA) is 68.2 Å². The minimum Gasteiger partial charge on any atom is -0.317 e. The molecular weight excluding hydrogens is 446 g/mol. The standard InChI is InChI=1S/C25H20F2N2O3S/c1-3-33(31,32)28-19-11-9-16(12-17-8-10-18(26)13-24(17)27)22(14-19)23-15-29(2)25(30)21-7-5-4-6-20(21)23/h3-11,13-15,28H,1,12H2,2H3. The lowest BCUT2D eigenvalue weighted by Gasteiger charge is -2.16. The number of aryl methyl sites for hydroxylation is 1. The number of anilines is 1. The molecule has 0 radical (unpaired) electrons. The third kappa shape index (κ3) is 4.56. The van der Waals surface area contributed by atoms with Crippen molar-refractivity contribution in [2.24, 2.45) is 7.05 Å². The average molecular weight is 467 g/mol. The van der Waals surface area contributed by atoms with E-state index in [1.807, 2.05) is 0 Å². The third-order valence-electron chi connectivity index (χ3n) is 5.37. The fraction of sp³-hybridized carbons (Fsp3) is 0.0800. The number of fused-ring (bicyclic) bond motifs is 1. The van der Waals surface area contributed by atoms with Gasteiger partial charge in [0.25, 0.3) is 15.6 Å². The van der Waals surface area contributed by atoms with Crippen LogP contribution in [-0.2, 0) is 23.5 Å².